The van der Waals surface area contributed by atoms with Crippen LogP contribution in [0.1, 0.15) is 37.8 Å². The predicted octanol–water partition coefficient (Wildman–Crippen LogP) is 2.80. The normalized spacial score (nSPS) is 18.8. The molecule has 5 heteroatoms. The van der Waals surface area contributed by atoms with Crippen LogP contribution in [-0.4, -0.2) is 49.3 Å². The standard InChI is InChI=1S/C19H29N3O2/c1-19(2,22-10-12-24-13-11-22)14-20-18(23)21-17-9-5-7-15-6-3-4-8-16(15)17/h5,7,9H,3-4,6,8,10-14H2,1-2H3,(H2,20,21,23). The van der Waals surface area contributed by atoms with Crippen LogP contribution < -0.4 is 10.6 Å². The number of fused-ring (bicyclic) bond motifs is 1. The Hall–Kier alpha value is -1.59. The number of amides is 2. The highest BCUT2D eigenvalue weighted by atomic mass is 16.5. The quantitative estimate of drug-likeness (QED) is 0.892. The maximum Gasteiger partial charge on any atom is 0.319 e. The van der Waals surface area contributed by atoms with Crippen molar-refractivity contribution in [1.82, 2.24) is 10.2 Å². The number of carbonyl (C=O) groups excluding carboxylic acids is 1. The van der Waals surface area contributed by atoms with Gasteiger partial charge in [0.05, 0.1) is 13.2 Å². The summed E-state index contributed by atoms with van der Waals surface area (Å²) >= 11 is 0. The Morgan fingerprint density at radius 2 is 1.96 bits per heavy atom. The van der Waals surface area contributed by atoms with E-state index in [0.29, 0.717) is 6.54 Å². The van der Waals surface area contributed by atoms with Crippen molar-refractivity contribution in [1.29, 1.82) is 0 Å². The Balaban J connectivity index is 1.56. The first-order chi connectivity index (χ1) is 11.6. The lowest BCUT2D eigenvalue weighted by atomic mass is 9.90. The fourth-order valence-corrected chi connectivity index (χ4v) is 3.64. The molecule has 2 aliphatic rings. The van der Waals surface area contributed by atoms with Crippen LogP contribution in [0, 0.1) is 0 Å². The van der Waals surface area contributed by atoms with Gasteiger partial charge in [0, 0.05) is 30.9 Å². The zero-order valence-electron chi connectivity index (χ0n) is 14.9. The van der Waals surface area contributed by atoms with Crippen LogP contribution in [-0.2, 0) is 17.6 Å². The number of morpholine rings is 1. The van der Waals surface area contributed by atoms with Crippen LogP contribution >= 0.6 is 0 Å². The highest BCUT2D eigenvalue weighted by Crippen LogP contribution is 2.27. The summed E-state index contributed by atoms with van der Waals surface area (Å²) in [5.74, 6) is 0. The van der Waals surface area contributed by atoms with Gasteiger partial charge < -0.3 is 15.4 Å². The summed E-state index contributed by atoms with van der Waals surface area (Å²) in [5.41, 5.74) is 3.59. The number of carbonyl (C=O) groups is 1. The minimum absolute atomic E-state index is 0.0722. The van der Waals surface area contributed by atoms with Gasteiger partial charge >= 0.3 is 6.03 Å². The second-order valence-electron chi connectivity index (χ2n) is 7.37. The Bertz CT molecular complexity index is 580. The molecule has 1 aromatic carbocycles. The highest BCUT2D eigenvalue weighted by Gasteiger charge is 2.28. The largest absolute Gasteiger partial charge is 0.379 e. The molecule has 132 valence electrons. The fourth-order valence-electron chi connectivity index (χ4n) is 3.64. The van der Waals surface area contributed by atoms with Crippen molar-refractivity contribution < 1.29 is 9.53 Å². The second-order valence-corrected chi connectivity index (χ2v) is 7.37. The van der Waals surface area contributed by atoms with Gasteiger partial charge in [0.25, 0.3) is 0 Å². The number of anilines is 1. The number of nitrogens with zero attached hydrogens (tertiary/aromatic N) is 1. The molecule has 2 N–H and O–H groups in total. The third-order valence-corrected chi connectivity index (χ3v) is 5.19. The minimum Gasteiger partial charge on any atom is -0.379 e. The summed E-state index contributed by atoms with van der Waals surface area (Å²) in [5, 5.41) is 6.10. The predicted molar refractivity (Wildman–Crippen MR) is 96.6 cm³/mol. The molecule has 0 spiro atoms. The first-order valence-electron chi connectivity index (χ1n) is 9.05. The number of benzene rings is 1. The molecule has 0 atom stereocenters. The molecule has 24 heavy (non-hydrogen) atoms. The molecular weight excluding hydrogens is 302 g/mol. The minimum atomic E-state index is -0.115. The maximum absolute atomic E-state index is 12.4. The summed E-state index contributed by atoms with van der Waals surface area (Å²) in [6.45, 7) is 8.34. The highest BCUT2D eigenvalue weighted by molar-refractivity contribution is 5.90. The van der Waals surface area contributed by atoms with Gasteiger partial charge in [0.2, 0.25) is 0 Å². The average molecular weight is 331 g/mol. The van der Waals surface area contributed by atoms with E-state index in [1.807, 2.05) is 12.1 Å². The van der Waals surface area contributed by atoms with Crippen LogP contribution in [0.4, 0.5) is 10.5 Å². The molecule has 5 nitrogen and oxygen atoms in total. The smallest absolute Gasteiger partial charge is 0.319 e. The number of hydrogen-bond acceptors (Lipinski definition) is 3. The molecule has 1 aliphatic heterocycles. The lowest BCUT2D eigenvalue weighted by Crippen LogP contribution is -2.55. The fraction of sp³-hybridized carbons (Fsp3) is 0.632. The van der Waals surface area contributed by atoms with Crippen LogP contribution in [0.15, 0.2) is 18.2 Å². The monoisotopic (exact) mass is 331 g/mol. The van der Waals surface area contributed by atoms with E-state index in [-0.39, 0.29) is 11.6 Å². The molecule has 3 rings (SSSR count). The Morgan fingerprint density at radius 1 is 1.21 bits per heavy atom. The number of hydrogen-bond donors (Lipinski definition) is 2. The third-order valence-electron chi connectivity index (χ3n) is 5.19. The van der Waals surface area contributed by atoms with Crippen molar-refractivity contribution in [2.24, 2.45) is 0 Å². The van der Waals surface area contributed by atoms with E-state index in [9.17, 15) is 4.79 Å². The number of nitrogens with one attached hydrogen (secondary N) is 2. The Kier molecular flexibility index (Phi) is 5.41. The molecule has 2 amide bonds. The zero-order valence-corrected chi connectivity index (χ0v) is 14.9. The van der Waals surface area contributed by atoms with Crippen molar-refractivity contribution in [3.8, 4) is 0 Å². The van der Waals surface area contributed by atoms with Crippen molar-refractivity contribution in [2.75, 3.05) is 38.2 Å². The molecule has 0 radical (unpaired) electrons. The first-order valence-corrected chi connectivity index (χ1v) is 9.05. The van der Waals surface area contributed by atoms with E-state index in [1.165, 1.54) is 24.0 Å². The van der Waals surface area contributed by atoms with E-state index >= 15 is 0 Å². The molecule has 0 aromatic heterocycles. The van der Waals surface area contributed by atoms with Gasteiger partial charge in [0.15, 0.2) is 0 Å². The maximum atomic E-state index is 12.4. The van der Waals surface area contributed by atoms with Gasteiger partial charge in [-0.15, -0.1) is 0 Å². The van der Waals surface area contributed by atoms with Gasteiger partial charge in [-0.1, -0.05) is 12.1 Å². The van der Waals surface area contributed by atoms with Crippen LogP contribution in [0.3, 0.4) is 0 Å². The number of ether oxygens (including phenoxy) is 1. The third kappa shape index (κ3) is 4.08. The molecule has 0 unspecified atom stereocenters. The first kappa shape index (κ1) is 17.2. The number of rotatable bonds is 4. The summed E-state index contributed by atoms with van der Waals surface area (Å²) in [6.07, 6.45) is 4.63. The van der Waals surface area contributed by atoms with Crippen molar-refractivity contribution in [2.45, 2.75) is 45.1 Å². The zero-order chi connectivity index (χ0) is 17.0. The van der Waals surface area contributed by atoms with E-state index in [4.69, 9.17) is 4.74 Å². The molecular formula is C19H29N3O2. The summed E-state index contributed by atoms with van der Waals surface area (Å²) in [6, 6.07) is 6.11. The molecule has 0 saturated carbocycles. The van der Waals surface area contributed by atoms with E-state index in [1.54, 1.807) is 0 Å². The van der Waals surface area contributed by atoms with Gasteiger partial charge in [-0.25, -0.2) is 4.79 Å². The molecule has 1 heterocycles. The topological polar surface area (TPSA) is 53.6 Å². The molecule has 1 fully saturated rings. The van der Waals surface area contributed by atoms with Crippen molar-refractivity contribution in [3.63, 3.8) is 0 Å². The van der Waals surface area contributed by atoms with Crippen LogP contribution in [0.2, 0.25) is 0 Å². The van der Waals surface area contributed by atoms with Crippen molar-refractivity contribution in [3.05, 3.63) is 29.3 Å². The molecule has 0 bridgehead atoms. The SMILES string of the molecule is CC(C)(CNC(=O)Nc1cccc2c1CCCC2)N1CCOCC1. The lowest BCUT2D eigenvalue weighted by molar-refractivity contribution is -0.00863. The molecule has 1 saturated heterocycles. The number of urea groups is 1. The Morgan fingerprint density at radius 3 is 2.75 bits per heavy atom. The van der Waals surface area contributed by atoms with E-state index in [2.05, 4.69) is 35.4 Å². The van der Waals surface area contributed by atoms with Gasteiger partial charge in [-0.3, -0.25) is 4.90 Å². The van der Waals surface area contributed by atoms with E-state index < -0.39 is 0 Å². The molecule has 1 aliphatic carbocycles. The number of aryl methyl sites for hydroxylation is 1. The van der Waals surface area contributed by atoms with Crippen LogP contribution in [0.25, 0.3) is 0 Å². The van der Waals surface area contributed by atoms with Gasteiger partial charge in [-0.2, -0.15) is 0 Å². The summed E-state index contributed by atoms with van der Waals surface area (Å²) in [7, 11) is 0. The van der Waals surface area contributed by atoms with Gasteiger partial charge in [-0.05, 0) is 56.7 Å². The summed E-state index contributed by atoms with van der Waals surface area (Å²) < 4.78 is 5.41. The summed E-state index contributed by atoms with van der Waals surface area (Å²) in [4.78, 5) is 14.7. The second kappa shape index (κ2) is 7.53. The molecule has 1 aromatic rings. The van der Waals surface area contributed by atoms with E-state index in [0.717, 1.165) is 44.8 Å². The lowest BCUT2D eigenvalue weighted by Gasteiger charge is -2.40. The van der Waals surface area contributed by atoms with Crippen LogP contribution in [0.5, 0.6) is 0 Å². The Labute approximate surface area is 144 Å². The van der Waals surface area contributed by atoms with Crippen molar-refractivity contribution >= 4 is 11.7 Å². The average Bonchev–Trinajstić information content (AvgIpc) is 2.61. The van der Waals surface area contributed by atoms with Gasteiger partial charge in [0.1, 0.15) is 0 Å².